The van der Waals surface area contributed by atoms with Crippen LogP contribution in [0, 0.1) is 6.92 Å². The van der Waals surface area contributed by atoms with Gasteiger partial charge in [-0.05, 0) is 36.8 Å². The number of amides is 1. The third kappa shape index (κ3) is 4.26. The van der Waals surface area contributed by atoms with Crippen LogP contribution >= 0.6 is 11.6 Å². The van der Waals surface area contributed by atoms with E-state index in [4.69, 9.17) is 16.3 Å². The lowest BCUT2D eigenvalue weighted by Crippen LogP contribution is -2.47. The third-order valence-electron chi connectivity index (χ3n) is 4.48. The quantitative estimate of drug-likeness (QED) is 0.762. The van der Waals surface area contributed by atoms with Crippen LogP contribution in [0.5, 0.6) is 0 Å². The maximum absolute atomic E-state index is 13.3. The summed E-state index contributed by atoms with van der Waals surface area (Å²) >= 11 is 6.21. The van der Waals surface area contributed by atoms with Crippen LogP contribution in [0.4, 0.5) is 5.69 Å². The van der Waals surface area contributed by atoms with E-state index in [0.29, 0.717) is 42.6 Å². The van der Waals surface area contributed by atoms with Gasteiger partial charge in [-0.1, -0.05) is 35.9 Å². The van der Waals surface area contributed by atoms with Crippen LogP contribution in [0.1, 0.15) is 5.56 Å². The number of hydrogen-bond acceptors (Lipinski definition) is 4. The number of hydrogen-bond donors (Lipinski definition) is 0. The molecule has 0 unspecified atom stereocenters. The fourth-order valence-corrected chi connectivity index (χ4v) is 4.58. The highest BCUT2D eigenvalue weighted by atomic mass is 35.5. The van der Waals surface area contributed by atoms with E-state index in [0.717, 1.165) is 4.31 Å². The molecule has 1 fully saturated rings. The van der Waals surface area contributed by atoms with E-state index >= 15 is 0 Å². The van der Waals surface area contributed by atoms with Gasteiger partial charge in [0.25, 0.3) is 10.0 Å². The smallest absolute Gasteiger partial charge is 0.264 e. The standard InChI is InChI=1S/C19H21ClN2O4S/c1-15-17(20)8-5-9-18(15)22(14-19(23)21-10-12-26-13-11-21)27(24,25)16-6-3-2-4-7-16/h2-9H,10-14H2,1H3. The molecule has 1 aliphatic rings. The molecule has 1 aliphatic heterocycles. The van der Waals surface area contributed by atoms with E-state index in [1.54, 1.807) is 48.2 Å². The Morgan fingerprint density at radius 3 is 2.44 bits per heavy atom. The fourth-order valence-electron chi connectivity index (χ4n) is 2.92. The highest BCUT2D eigenvalue weighted by Crippen LogP contribution is 2.30. The summed E-state index contributed by atoms with van der Waals surface area (Å²) in [4.78, 5) is 14.5. The molecule has 0 aromatic heterocycles. The summed E-state index contributed by atoms with van der Waals surface area (Å²) in [5, 5.41) is 0.444. The number of sulfonamides is 1. The van der Waals surface area contributed by atoms with E-state index in [1.165, 1.54) is 12.1 Å². The number of rotatable bonds is 5. The van der Waals surface area contributed by atoms with Gasteiger partial charge >= 0.3 is 0 Å². The zero-order valence-electron chi connectivity index (χ0n) is 15.0. The lowest BCUT2D eigenvalue weighted by molar-refractivity contribution is -0.133. The molecule has 0 bridgehead atoms. The van der Waals surface area contributed by atoms with Crippen molar-refractivity contribution in [2.45, 2.75) is 11.8 Å². The average Bonchev–Trinajstić information content (AvgIpc) is 2.69. The van der Waals surface area contributed by atoms with Gasteiger partial charge in [0.15, 0.2) is 0 Å². The Labute approximate surface area is 164 Å². The summed E-state index contributed by atoms with van der Waals surface area (Å²) in [6, 6.07) is 13.1. The molecule has 0 spiro atoms. The lowest BCUT2D eigenvalue weighted by Gasteiger charge is -2.31. The van der Waals surface area contributed by atoms with Crippen molar-refractivity contribution in [3.05, 3.63) is 59.1 Å². The molecule has 0 N–H and O–H groups in total. The number of carbonyl (C=O) groups is 1. The van der Waals surface area contributed by atoms with Crippen molar-refractivity contribution >= 4 is 33.2 Å². The van der Waals surface area contributed by atoms with Crippen LogP contribution in [-0.4, -0.2) is 52.1 Å². The van der Waals surface area contributed by atoms with Gasteiger partial charge in [-0.3, -0.25) is 9.10 Å². The number of benzene rings is 2. The Morgan fingerprint density at radius 2 is 1.78 bits per heavy atom. The predicted octanol–water partition coefficient (Wildman–Crippen LogP) is 2.70. The lowest BCUT2D eigenvalue weighted by atomic mass is 10.2. The molecule has 27 heavy (non-hydrogen) atoms. The van der Waals surface area contributed by atoms with Crippen molar-refractivity contribution in [2.75, 3.05) is 37.2 Å². The first kappa shape index (κ1) is 19.7. The summed E-state index contributed by atoms with van der Waals surface area (Å²) in [5.41, 5.74) is 1.00. The van der Waals surface area contributed by atoms with Crippen molar-refractivity contribution in [2.24, 2.45) is 0 Å². The molecular formula is C19H21ClN2O4S. The van der Waals surface area contributed by atoms with Crippen molar-refractivity contribution in [3.8, 4) is 0 Å². The third-order valence-corrected chi connectivity index (χ3v) is 6.67. The summed E-state index contributed by atoms with van der Waals surface area (Å²) in [7, 11) is -3.93. The molecule has 3 rings (SSSR count). The topological polar surface area (TPSA) is 66.9 Å². The van der Waals surface area contributed by atoms with Gasteiger partial charge in [0.1, 0.15) is 6.54 Å². The molecule has 2 aromatic carbocycles. The Bertz CT molecular complexity index is 913. The van der Waals surface area contributed by atoms with Gasteiger partial charge in [0.05, 0.1) is 23.8 Å². The molecular weight excluding hydrogens is 388 g/mol. The molecule has 1 heterocycles. The normalized spacial score (nSPS) is 14.8. The highest BCUT2D eigenvalue weighted by molar-refractivity contribution is 7.92. The van der Waals surface area contributed by atoms with Crippen molar-refractivity contribution in [3.63, 3.8) is 0 Å². The van der Waals surface area contributed by atoms with Gasteiger partial charge in [-0.15, -0.1) is 0 Å². The molecule has 0 radical (unpaired) electrons. The zero-order valence-corrected chi connectivity index (χ0v) is 16.5. The van der Waals surface area contributed by atoms with E-state index in [9.17, 15) is 13.2 Å². The average molecular weight is 409 g/mol. The van der Waals surface area contributed by atoms with Crippen molar-refractivity contribution in [1.29, 1.82) is 0 Å². The molecule has 144 valence electrons. The van der Waals surface area contributed by atoms with Crippen LogP contribution < -0.4 is 4.31 Å². The number of anilines is 1. The zero-order chi connectivity index (χ0) is 19.4. The number of ether oxygens (including phenoxy) is 1. The number of halogens is 1. The first-order valence-corrected chi connectivity index (χ1v) is 10.4. The van der Waals surface area contributed by atoms with Gasteiger partial charge < -0.3 is 9.64 Å². The number of carbonyl (C=O) groups excluding carboxylic acids is 1. The van der Waals surface area contributed by atoms with Gasteiger partial charge in [-0.2, -0.15) is 0 Å². The monoisotopic (exact) mass is 408 g/mol. The summed E-state index contributed by atoms with van der Waals surface area (Å²) < 4.78 is 33.0. The Hall–Kier alpha value is -2.09. The van der Waals surface area contributed by atoms with Crippen molar-refractivity contribution in [1.82, 2.24) is 4.90 Å². The van der Waals surface area contributed by atoms with E-state index < -0.39 is 10.0 Å². The minimum Gasteiger partial charge on any atom is -0.378 e. The van der Waals surface area contributed by atoms with Crippen LogP contribution in [0.3, 0.4) is 0 Å². The van der Waals surface area contributed by atoms with Crippen LogP contribution in [0.15, 0.2) is 53.4 Å². The minimum absolute atomic E-state index is 0.124. The maximum Gasteiger partial charge on any atom is 0.264 e. The summed E-state index contributed by atoms with van der Waals surface area (Å²) in [5.74, 6) is -0.266. The van der Waals surface area contributed by atoms with Crippen LogP contribution in [0.25, 0.3) is 0 Å². The molecule has 6 nitrogen and oxygen atoms in total. The Kier molecular flexibility index (Phi) is 6.04. The van der Waals surface area contributed by atoms with E-state index in [1.807, 2.05) is 0 Å². The first-order chi connectivity index (χ1) is 12.9. The summed E-state index contributed by atoms with van der Waals surface area (Å²) in [6.45, 7) is 3.25. The predicted molar refractivity (Wildman–Crippen MR) is 105 cm³/mol. The molecule has 0 atom stereocenters. The van der Waals surface area contributed by atoms with Gasteiger partial charge in [-0.25, -0.2) is 8.42 Å². The van der Waals surface area contributed by atoms with Crippen LogP contribution in [-0.2, 0) is 19.6 Å². The minimum atomic E-state index is -3.93. The van der Waals surface area contributed by atoms with Gasteiger partial charge in [0.2, 0.25) is 5.91 Å². The molecule has 0 saturated carbocycles. The van der Waals surface area contributed by atoms with E-state index in [-0.39, 0.29) is 17.3 Å². The second-order valence-corrected chi connectivity index (χ2v) is 8.47. The molecule has 1 amide bonds. The molecule has 8 heteroatoms. The number of nitrogens with zero attached hydrogens (tertiary/aromatic N) is 2. The maximum atomic E-state index is 13.3. The second-order valence-electron chi connectivity index (χ2n) is 6.20. The molecule has 2 aromatic rings. The van der Waals surface area contributed by atoms with Gasteiger partial charge in [0, 0.05) is 18.1 Å². The second kappa shape index (κ2) is 8.29. The van der Waals surface area contributed by atoms with Crippen LogP contribution in [0.2, 0.25) is 5.02 Å². The SMILES string of the molecule is Cc1c(Cl)cccc1N(CC(=O)N1CCOCC1)S(=O)(=O)c1ccccc1. The van der Waals surface area contributed by atoms with Crippen molar-refractivity contribution < 1.29 is 17.9 Å². The molecule has 0 aliphatic carbocycles. The Balaban J connectivity index is 2.01. The Morgan fingerprint density at radius 1 is 1.11 bits per heavy atom. The largest absolute Gasteiger partial charge is 0.378 e. The first-order valence-electron chi connectivity index (χ1n) is 8.59. The van der Waals surface area contributed by atoms with E-state index in [2.05, 4.69) is 0 Å². The molecule has 1 saturated heterocycles. The number of morpholine rings is 1. The summed E-state index contributed by atoms with van der Waals surface area (Å²) in [6.07, 6.45) is 0. The fraction of sp³-hybridized carbons (Fsp3) is 0.316. The highest BCUT2D eigenvalue weighted by Gasteiger charge is 2.30.